The van der Waals surface area contributed by atoms with Crippen LogP contribution in [-0.2, 0) is 42.8 Å². The van der Waals surface area contributed by atoms with Crippen molar-refractivity contribution in [2.45, 2.75) is 184 Å². The van der Waals surface area contributed by atoms with E-state index in [0.717, 1.165) is 62.7 Å². The monoisotopic (exact) mass is 828 g/mol. The highest BCUT2D eigenvalue weighted by molar-refractivity contribution is 5.83. The quantitative estimate of drug-likeness (QED) is 0.0722. The minimum absolute atomic E-state index is 0.000527. The molecule has 3 fully saturated rings. The minimum atomic E-state index is -2.25. The lowest BCUT2D eigenvalue weighted by atomic mass is 9.74. The van der Waals surface area contributed by atoms with Crippen LogP contribution in [0.2, 0.25) is 0 Å². The summed E-state index contributed by atoms with van der Waals surface area (Å²) in [7, 11) is 2.87. The number of methoxy groups -OCH3 is 2. The van der Waals surface area contributed by atoms with Gasteiger partial charge in [-0.05, 0) is 80.6 Å². The molecule has 3 saturated heterocycles. The predicted molar refractivity (Wildman–Crippen MR) is 218 cm³/mol. The topological polar surface area (TPSA) is 177 Å². The molecule has 0 aliphatic carbocycles. The molecular formula is C46H68O13. The Bertz CT molecular complexity index is 1570. The van der Waals surface area contributed by atoms with Crippen molar-refractivity contribution in [3.05, 3.63) is 53.6 Å². The molecule has 0 radical (unpaired) electrons. The highest BCUT2D eigenvalue weighted by Crippen LogP contribution is 2.47. The number of carbonyl (C=O) groups excluding carboxylic acids is 3. The Kier molecular flexibility index (Phi) is 17.4. The van der Waals surface area contributed by atoms with E-state index in [1.807, 2.05) is 24.3 Å². The minimum Gasteiger partial charge on any atom is -0.497 e. The van der Waals surface area contributed by atoms with E-state index in [0.29, 0.717) is 19.3 Å². The van der Waals surface area contributed by atoms with Gasteiger partial charge in [-0.2, -0.15) is 0 Å². The Balaban J connectivity index is 1.53. The molecule has 13 heteroatoms. The zero-order valence-corrected chi connectivity index (χ0v) is 35.7. The molecule has 4 aliphatic rings. The van der Waals surface area contributed by atoms with Crippen LogP contribution in [0.1, 0.15) is 135 Å². The first-order valence-electron chi connectivity index (χ1n) is 21.8. The van der Waals surface area contributed by atoms with Gasteiger partial charge < -0.3 is 48.5 Å². The van der Waals surface area contributed by atoms with Crippen molar-refractivity contribution in [3.8, 4) is 5.75 Å². The Hall–Kier alpha value is -3.33. The highest BCUT2D eigenvalue weighted by atomic mass is 16.7. The van der Waals surface area contributed by atoms with Crippen LogP contribution < -0.4 is 4.74 Å². The number of aliphatic hydroxyl groups excluding tert-OH is 2. The molecular weight excluding hydrogens is 760 g/mol. The van der Waals surface area contributed by atoms with Gasteiger partial charge in [0.05, 0.1) is 63.9 Å². The normalized spacial score (nSPS) is 34.2. The number of aliphatic hydroxyl groups is 3. The highest BCUT2D eigenvalue weighted by Gasteiger charge is 2.57. The molecule has 1 unspecified atom stereocenters. The van der Waals surface area contributed by atoms with Crippen LogP contribution in [0.15, 0.2) is 48.1 Å². The zero-order chi connectivity index (χ0) is 42.6. The summed E-state index contributed by atoms with van der Waals surface area (Å²) in [6, 6.07) is 8.07. The number of fused-ring (bicyclic) bond motifs is 6. The second-order valence-corrected chi connectivity index (χ2v) is 17.4. The molecule has 1 aromatic carbocycles. The number of hydrogen-bond donors (Lipinski definition) is 3. The summed E-state index contributed by atoms with van der Waals surface area (Å²) < 4.78 is 42.0. The van der Waals surface area contributed by atoms with Gasteiger partial charge in [0.15, 0.2) is 6.10 Å². The fraction of sp³-hybridized carbons (Fsp3) is 0.717. The molecule has 4 aliphatic heterocycles. The van der Waals surface area contributed by atoms with Crippen LogP contribution in [0.25, 0.3) is 0 Å². The standard InChI is InChI=1S/C46H68O13/c1-6-7-8-9-10-14-41(49)58-44-32(24-42(50)54-5)23-39-28-40(29-47)57-43(51)26-33(48)25-35-12-11-13-36(55-35)27-38-22-31(30-15-17-34(53-4)18-16-30)21-37(56-38)19-20-45(2,3)46(44,52)59-39/h15-20,24,31,33,35-40,44,47-48,52H,6-14,21-23,25-29H2,1-5H3/b20-19-,32-24+/t31?,33-,35+,36-,37+,38+,39+,40-,44+,46-/m1/s1. The van der Waals surface area contributed by atoms with Gasteiger partial charge in [-0.1, -0.05) is 70.7 Å². The Morgan fingerprint density at radius 1 is 0.898 bits per heavy atom. The Morgan fingerprint density at radius 3 is 2.32 bits per heavy atom. The Morgan fingerprint density at radius 2 is 1.63 bits per heavy atom. The molecule has 0 aromatic heterocycles. The lowest BCUT2D eigenvalue weighted by Crippen LogP contribution is -2.62. The molecule has 59 heavy (non-hydrogen) atoms. The van der Waals surface area contributed by atoms with E-state index in [1.54, 1.807) is 21.0 Å². The second kappa shape index (κ2) is 22.0. The smallest absolute Gasteiger partial charge is 0.330 e. The summed E-state index contributed by atoms with van der Waals surface area (Å²) in [5, 5.41) is 34.3. The third-order valence-corrected chi connectivity index (χ3v) is 12.3. The number of unbranched alkanes of at least 4 members (excludes halogenated alkanes) is 4. The lowest BCUT2D eigenvalue weighted by molar-refractivity contribution is -0.327. The number of hydrogen-bond acceptors (Lipinski definition) is 13. The van der Waals surface area contributed by atoms with Crippen molar-refractivity contribution in [2.75, 3.05) is 20.8 Å². The molecule has 330 valence electrons. The predicted octanol–water partition coefficient (Wildman–Crippen LogP) is 6.53. The van der Waals surface area contributed by atoms with Gasteiger partial charge in [0.2, 0.25) is 5.79 Å². The molecule has 5 rings (SSSR count). The molecule has 3 N–H and O–H groups in total. The molecule has 0 amide bonds. The summed E-state index contributed by atoms with van der Waals surface area (Å²) >= 11 is 0. The summed E-state index contributed by atoms with van der Waals surface area (Å²) in [5.74, 6) is -3.30. The van der Waals surface area contributed by atoms with Gasteiger partial charge in [0, 0.05) is 30.8 Å². The summed E-state index contributed by atoms with van der Waals surface area (Å²) in [6.07, 6.45) is 8.85. The van der Waals surface area contributed by atoms with E-state index in [4.69, 9.17) is 33.2 Å². The van der Waals surface area contributed by atoms with E-state index in [1.165, 1.54) is 13.2 Å². The molecule has 10 atom stereocenters. The van der Waals surface area contributed by atoms with Crippen molar-refractivity contribution in [3.63, 3.8) is 0 Å². The molecule has 0 saturated carbocycles. The van der Waals surface area contributed by atoms with Gasteiger partial charge in [0.25, 0.3) is 0 Å². The lowest BCUT2D eigenvalue weighted by Gasteiger charge is -2.51. The van der Waals surface area contributed by atoms with E-state index in [9.17, 15) is 29.7 Å². The summed E-state index contributed by atoms with van der Waals surface area (Å²) in [6.45, 7) is 5.09. The first-order chi connectivity index (χ1) is 28.2. The van der Waals surface area contributed by atoms with Crippen molar-refractivity contribution in [2.24, 2.45) is 5.41 Å². The third-order valence-electron chi connectivity index (χ3n) is 12.3. The molecule has 6 bridgehead atoms. The maximum absolute atomic E-state index is 13.5. The number of carbonyl (C=O) groups is 3. The largest absolute Gasteiger partial charge is 0.497 e. The van der Waals surface area contributed by atoms with Crippen LogP contribution in [-0.4, -0.2) is 109 Å². The Labute approximate surface area is 349 Å². The number of rotatable bonds is 11. The van der Waals surface area contributed by atoms with Gasteiger partial charge in [-0.25, -0.2) is 4.79 Å². The van der Waals surface area contributed by atoms with E-state index in [2.05, 4.69) is 19.1 Å². The van der Waals surface area contributed by atoms with Gasteiger partial charge in [-0.3, -0.25) is 9.59 Å². The molecule has 4 heterocycles. The number of ether oxygens (including phenoxy) is 7. The van der Waals surface area contributed by atoms with Crippen LogP contribution in [0.5, 0.6) is 5.75 Å². The number of benzene rings is 1. The second-order valence-electron chi connectivity index (χ2n) is 17.4. The fourth-order valence-electron chi connectivity index (χ4n) is 9.00. The number of cyclic esters (lactones) is 1. The molecule has 1 aromatic rings. The average Bonchev–Trinajstić information content (AvgIpc) is 3.20. The molecule has 0 spiro atoms. The fourth-order valence-corrected chi connectivity index (χ4v) is 9.00. The van der Waals surface area contributed by atoms with Gasteiger partial charge >= 0.3 is 17.9 Å². The van der Waals surface area contributed by atoms with Crippen molar-refractivity contribution < 1.29 is 62.9 Å². The first kappa shape index (κ1) is 46.7. The van der Waals surface area contributed by atoms with E-state index >= 15 is 0 Å². The van der Waals surface area contributed by atoms with Gasteiger partial charge in [0.1, 0.15) is 11.9 Å². The maximum Gasteiger partial charge on any atom is 0.330 e. The van der Waals surface area contributed by atoms with Crippen molar-refractivity contribution in [1.82, 2.24) is 0 Å². The van der Waals surface area contributed by atoms with Crippen molar-refractivity contribution >= 4 is 17.9 Å². The average molecular weight is 829 g/mol. The van der Waals surface area contributed by atoms with Crippen LogP contribution in [0.3, 0.4) is 0 Å². The zero-order valence-electron chi connectivity index (χ0n) is 35.7. The van der Waals surface area contributed by atoms with Crippen LogP contribution in [0, 0.1) is 5.41 Å². The van der Waals surface area contributed by atoms with E-state index < -0.39 is 60.1 Å². The first-order valence-corrected chi connectivity index (χ1v) is 21.8. The van der Waals surface area contributed by atoms with Crippen LogP contribution in [0.4, 0.5) is 0 Å². The number of esters is 3. The summed E-state index contributed by atoms with van der Waals surface area (Å²) in [4.78, 5) is 39.5. The van der Waals surface area contributed by atoms with Crippen LogP contribution >= 0.6 is 0 Å². The third kappa shape index (κ3) is 13.1. The maximum atomic E-state index is 13.5. The molecule has 13 nitrogen and oxygen atoms in total. The SMILES string of the molecule is CCCCCCCC(=O)O[C@H]1/C(=C/C(=O)OC)C[C@H]2C[C@H](CO)OC(=O)C[C@H](O)C[C@@H]3CCC[C@H](C[C@@H]4CC(c5ccc(OC)cc5)C[C@H](/C=C\C(C)(C)[C@]1(O)O2)O4)O3. The van der Waals surface area contributed by atoms with Crippen molar-refractivity contribution in [1.29, 1.82) is 0 Å². The van der Waals surface area contributed by atoms with Gasteiger partial charge in [-0.15, -0.1) is 0 Å². The summed E-state index contributed by atoms with van der Waals surface area (Å²) in [5.41, 5.74) is 0.130. The van der Waals surface area contributed by atoms with E-state index in [-0.39, 0.29) is 68.0 Å².